The molecule has 2 fully saturated rings. The zero-order chi connectivity index (χ0) is 7.57. The first-order valence-electron chi connectivity index (χ1n) is 4.45. The van der Waals surface area contributed by atoms with Crippen LogP contribution in [0.4, 0.5) is 0 Å². The average Bonchev–Trinajstić information content (AvgIpc) is 2.32. The van der Waals surface area contributed by atoms with Crippen LogP contribution in [0.1, 0.15) is 12.8 Å². The molecule has 1 spiro atoms. The van der Waals surface area contributed by atoms with Gasteiger partial charge in [-0.05, 0) is 19.4 Å². The van der Waals surface area contributed by atoms with Gasteiger partial charge < -0.3 is 15.4 Å². The van der Waals surface area contributed by atoms with Crippen molar-refractivity contribution >= 4 is 0 Å². The van der Waals surface area contributed by atoms with Crippen LogP contribution in [0, 0.1) is 0 Å². The lowest BCUT2D eigenvalue weighted by molar-refractivity contribution is 0.146. The van der Waals surface area contributed by atoms with Gasteiger partial charge in [-0.1, -0.05) is 0 Å². The second-order valence-electron chi connectivity index (χ2n) is 3.50. The summed E-state index contributed by atoms with van der Waals surface area (Å²) in [5.74, 6) is 0. The Morgan fingerprint density at radius 2 is 2.09 bits per heavy atom. The summed E-state index contributed by atoms with van der Waals surface area (Å²) in [5.41, 5.74) is 0.372. The molecular formula is C8H16N2O. The van der Waals surface area contributed by atoms with Gasteiger partial charge in [0.15, 0.2) is 0 Å². The van der Waals surface area contributed by atoms with Crippen LogP contribution >= 0.6 is 0 Å². The van der Waals surface area contributed by atoms with Crippen LogP contribution in [0.2, 0.25) is 0 Å². The van der Waals surface area contributed by atoms with Crippen molar-refractivity contribution in [2.75, 3.05) is 32.8 Å². The molecule has 2 aliphatic rings. The van der Waals surface area contributed by atoms with Gasteiger partial charge in [0.2, 0.25) is 0 Å². The topological polar surface area (TPSA) is 33.3 Å². The number of rotatable bonds is 0. The minimum absolute atomic E-state index is 0.372. The first kappa shape index (κ1) is 7.53. The summed E-state index contributed by atoms with van der Waals surface area (Å²) < 4.78 is 5.39. The molecule has 64 valence electrons. The molecule has 0 aliphatic carbocycles. The average molecular weight is 156 g/mol. The Balaban J connectivity index is 1.97. The van der Waals surface area contributed by atoms with E-state index in [9.17, 15) is 0 Å². The largest absolute Gasteiger partial charge is 0.380 e. The van der Waals surface area contributed by atoms with Crippen LogP contribution in [0.5, 0.6) is 0 Å². The standard InChI is InChI=1S/C8H16N2O/c1-3-9-7-8(1)2-5-11-6-4-10-8/h9-10H,1-7H2. The van der Waals surface area contributed by atoms with Gasteiger partial charge >= 0.3 is 0 Å². The third-order valence-corrected chi connectivity index (χ3v) is 2.72. The van der Waals surface area contributed by atoms with Gasteiger partial charge in [0.25, 0.3) is 0 Å². The van der Waals surface area contributed by atoms with Crippen LogP contribution in [0.3, 0.4) is 0 Å². The predicted octanol–water partition coefficient (Wildman–Crippen LogP) is -0.272. The normalized spacial score (nSPS) is 39.3. The second-order valence-corrected chi connectivity index (χ2v) is 3.50. The summed E-state index contributed by atoms with van der Waals surface area (Å²) in [4.78, 5) is 0. The molecule has 0 bridgehead atoms. The van der Waals surface area contributed by atoms with Gasteiger partial charge in [-0.25, -0.2) is 0 Å². The summed E-state index contributed by atoms with van der Waals surface area (Å²) in [6, 6.07) is 0. The van der Waals surface area contributed by atoms with Crippen molar-refractivity contribution in [1.82, 2.24) is 10.6 Å². The third kappa shape index (κ3) is 1.55. The van der Waals surface area contributed by atoms with Crippen LogP contribution < -0.4 is 10.6 Å². The predicted molar refractivity (Wildman–Crippen MR) is 43.7 cm³/mol. The van der Waals surface area contributed by atoms with Gasteiger partial charge in [0, 0.05) is 25.2 Å². The second kappa shape index (κ2) is 3.09. The first-order chi connectivity index (χ1) is 5.41. The monoisotopic (exact) mass is 156 g/mol. The lowest BCUT2D eigenvalue weighted by Crippen LogP contribution is -2.47. The van der Waals surface area contributed by atoms with E-state index in [1.54, 1.807) is 0 Å². The summed E-state index contributed by atoms with van der Waals surface area (Å²) >= 11 is 0. The number of hydrogen-bond acceptors (Lipinski definition) is 3. The van der Waals surface area contributed by atoms with Crippen LogP contribution in [-0.2, 0) is 4.74 Å². The molecule has 0 saturated carbocycles. The molecule has 2 N–H and O–H groups in total. The summed E-state index contributed by atoms with van der Waals surface area (Å²) in [6.07, 6.45) is 2.43. The highest BCUT2D eigenvalue weighted by Gasteiger charge is 2.33. The molecule has 3 nitrogen and oxygen atoms in total. The molecule has 2 aliphatic heterocycles. The Hall–Kier alpha value is -0.120. The molecule has 0 aromatic rings. The SMILES string of the molecule is C1CC2(CCOCCN2)CN1. The van der Waals surface area contributed by atoms with Crippen molar-refractivity contribution in [1.29, 1.82) is 0 Å². The molecule has 1 atom stereocenters. The molecule has 0 amide bonds. The van der Waals surface area contributed by atoms with Crippen molar-refractivity contribution in [2.45, 2.75) is 18.4 Å². The minimum atomic E-state index is 0.372. The summed E-state index contributed by atoms with van der Waals surface area (Å²) in [5, 5.41) is 6.96. The quantitative estimate of drug-likeness (QED) is 0.506. The molecule has 3 heteroatoms. The third-order valence-electron chi connectivity index (χ3n) is 2.72. The summed E-state index contributed by atoms with van der Waals surface area (Å²) in [7, 11) is 0. The smallest absolute Gasteiger partial charge is 0.0591 e. The van der Waals surface area contributed by atoms with E-state index in [1.807, 2.05) is 0 Å². The molecule has 0 aromatic heterocycles. The Morgan fingerprint density at radius 1 is 1.09 bits per heavy atom. The Bertz CT molecular complexity index is 122. The number of hydrogen-bond donors (Lipinski definition) is 2. The van der Waals surface area contributed by atoms with E-state index < -0.39 is 0 Å². The van der Waals surface area contributed by atoms with E-state index in [4.69, 9.17) is 4.74 Å². The molecule has 11 heavy (non-hydrogen) atoms. The van der Waals surface area contributed by atoms with E-state index in [-0.39, 0.29) is 0 Å². The van der Waals surface area contributed by atoms with Crippen molar-refractivity contribution in [3.8, 4) is 0 Å². The number of ether oxygens (including phenoxy) is 1. The molecule has 0 radical (unpaired) electrons. The zero-order valence-electron chi connectivity index (χ0n) is 6.86. The molecular weight excluding hydrogens is 140 g/mol. The van der Waals surface area contributed by atoms with Crippen LogP contribution in [0.15, 0.2) is 0 Å². The van der Waals surface area contributed by atoms with E-state index >= 15 is 0 Å². The van der Waals surface area contributed by atoms with Gasteiger partial charge in [-0.15, -0.1) is 0 Å². The fraction of sp³-hybridized carbons (Fsp3) is 1.00. The van der Waals surface area contributed by atoms with Crippen LogP contribution in [0.25, 0.3) is 0 Å². The molecule has 2 heterocycles. The van der Waals surface area contributed by atoms with Gasteiger partial charge in [0.1, 0.15) is 0 Å². The van der Waals surface area contributed by atoms with E-state index in [0.717, 1.165) is 32.8 Å². The maximum absolute atomic E-state index is 5.39. The molecule has 2 saturated heterocycles. The highest BCUT2D eigenvalue weighted by molar-refractivity contribution is 4.96. The minimum Gasteiger partial charge on any atom is -0.380 e. The van der Waals surface area contributed by atoms with Gasteiger partial charge in [-0.3, -0.25) is 0 Å². The lowest BCUT2D eigenvalue weighted by Gasteiger charge is -2.26. The maximum Gasteiger partial charge on any atom is 0.0591 e. The first-order valence-corrected chi connectivity index (χ1v) is 4.45. The van der Waals surface area contributed by atoms with Gasteiger partial charge in [0.05, 0.1) is 6.61 Å². The molecule has 1 unspecified atom stereocenters. The lowest BCUT2D eigenvalue weighted by atomic mass is 9.95. The zero-order valence-corrected chi connectivity index (χ0v) is 6.86. The van der Waals surface area contributed by atoms with E-state index in [0.29, 0.717) is 5.54 Å². The molecule has 2 rings (SSSR count). The highest BCUT2D eigenvalue weighted by Crippen LogP contribution is 2.20. The van der Waals surface area contributed by atoms with Crippen molar-refractivity contribution in [2.24, 2.45) is 0 Å². The Labute approximate surface area is 67.5 Å². The van der Waals surface area contributed by atoms with E-state index in [1.165, 1.54) is 12.8 Å². The van der Waals surface area contributed by atoms with E-state index in [2.05, 4.69) is 10.6 Å². The van der Waals surface area contributed by atoms with Crippen molar-refractivity contribution < 1.29 is 4.74 Å². The van der Waals surface area contributed by atoms with Gasteiger partial charge in [-0.2, -0.15) is 0 Å². The molecule has 0 aromatic carbocycles. The Kier molecular flexibility index (Phi) is 2.11. The Morgan fingerprint density at radius 3 is 2.91 bits per heavy atom. The van der Waals surface area contributed by atoms with Crippen molar-refractivity contribution in [3.05, 3.63) is 0 Å². The van der Waals surface area contributed by atoms with Crippen molar-refractivity contribution in [3.63, 3.8) is 0 Å². The maximum atomic E-state index is 5.39. The fourth-order valence-corrected chi connectivity index (χ4v) is 1.95. The number of nitrogens with one attached hydrogen (secondary N) is 2. The highest BCUT2D eigenvalue weighted by atomic mass is 16.5. The fourth-order valence-electron chi connectivity index (χ4n) is 1.95. The summed E-state index contributed by atoms with van der Waals surface area (Å²) in [6.45, 7) is 5.10. The van der Waals surface area contributed by atoms with Crippen LogP contribution in [-0.4, -0.2) is 38.4 Å².